The van der Waals surface area contributed by atoms with Crippen molar-refractivity contribution >= 4 is 5.78 Å². The Morgan fingerprint density at radius 2 is 2.07 bits per heavy atom. The molecule has 0 heterocycles. The Morgan fingerprint density at radius 3 is 2.50 bits per heavy atom. The molecule has 0 bridgehead atoms. The molecule has 0 saturated heterocycles. The van der Waals surface area contributed by atoms with Crippen molar-refractivity contribution in [1.82, 2.24) is 4.90 Å². The Balaban J connectivity index is 1.98. The molecule has 2 rings (SSSR count). The molecule has 2 fully saturated rings. The second-order valence-electron chi connectivity index (χ2n) is 5.20. The van der Waals surface area contributed by atoms with E-state index in [0.29, 0.717) is 11.7 Å². The van der Waals surface area contributed by atoms with E-state index >= 15 is 0 Å². The van der Waals surface area contributed by atoms with Gasteiger partial charge in [0.15, 0.2) is 0 Å². The summed E-state index contributed by atoms with van der Waals surface area (Å²) in [4.78, 5) is 14.2. The molecule has 1 unspecified atom stereocenters. The van der Waals surface area contributed by atoms with Crippen LogP contribution in [-0.2, 0) is 4.79 Å². The standard InChI is InChI=1S/C12H21NO/c1-9(2)8-13(10-6-7-10)11-4-3-5-12(11)14/h9-11H,3-8H2,1-2H3. The van der Waals surface area contributed by atoms with Crippen molar-refractivity contribution in [1.29, 1.82) is 0 Å². The topological polar surface area (TPSA) is 20.3 Å². The zero-order valence-corrected chi connectivity index (χ0v) is 9.33. The Morgan fingerprint density at radius 1 is 1.36 bits per heavy atom. The number of rotatable bonds is 4. The van der Waals surface area contributed by atoms with Gasteiger partial charge in [0.1, 0.15) is 5.78 Å². The number of ketones is 1. The van der Waals surface area contributed by atoms with Gasteiger partial charge in [-0.25, -0.2) is 0 Å². The fraction of sp³-hybridized carbons (Fsp3) is 0.917. The molecule has 1 atom stereocenters. The van der Waals surface area contributed by atoms with Gasteiger partial charge in [0.05, 0.1) is 6.04 Å². The van der Waals surface area contributed by atoms with E-state index in [0.717, 1.165) is 31.8 Å². The summed E-state index contributed by atoms with van der Waals surface area (Å²) in [5.74, 6) is 1.18. The molecule has 2 saturated carbocycles. The first-order chi connectivity index (χ1) is 6.68. The average Bonchev–Trinajstić information content (AvgIpc) is 2.86. The van der Waals surface area contributed by atoms with E-state index in [1.165, 1.54) is 12.8 Å². The Bertz CT molecular complexity index is 220. The molecule has 80 valence electrons. The molecule has 0 N–H and O–H groups in total. The molecule has 2 aliphatic carbocycles. The fourth-order valence-corrected chi connectivity index (χ4v) is 2.51. The van der Waals surface area contributed by atoms with Crippen molar-refractivity contribution in [3.8, 4) is 0 Å². The summed E-state index contributed by atoms with van der Waals surface area (Å²) in [5, 5.41) is 0. The van der Waals surface area contributed by atoms with E-state index in [-0.39, 0.29) is 6.04 Å². The van der Waals surface area contributed by atoms with Crippen LogP contribution in [0, 0.1) is 5.92 Å². The van der Waals surface area contributed by atoms with Crippen LogP contribution >= 0.6 is 0 Å². The molecule has 2 heteroatoms. The molecule has 0 aliphatic heterocycles. The first-order valence-corrected chi connectivity index (χ1v) is 5.97. The SMILES string of the molecule is CC(C)CN(C1CC1)C1CCCC1=O. The zero-order chi connectivity index (χ0) is 10.1. The van der Waals surface area contributed by atoms with Crippen LogP contribution < -0.4 is 0 Å². The molecule has 0 spiro atoms. The van der Waals surface area contributed by atoms with Gasteiger partial charge in [-0.15, -0.1) is 0 Å². The highest BCUT2D eigenvalue weighted by molar-refractivity contribution is 5.86. The van der Waals surface area contributed by atoms with E-state index in [4.69, 9.17) is 0 Å². The number of carbonyl (C=O) groups is 1. The van der Waals surface area contributed by atoms with Crippen molar-refractivity contribution in [2.75, 3.05) is 6.54 Å². The molecule has 2 aliphatic rings. The predicted molar refractivity (Wildman–Crippen MR) is 57.2 cm³/mol. The smallest absolute Gasteiger partial charge is 0.149 e. The third-order valence-electron chi connectivity index (χ3n) is 3.26. The molecular formula is C12H21NO. The largest absolute Gasteiger partial charge is 0.298 e. The van der Waals surface area contributed by atoms with E-state index in [1.54, 1.807) is 0 Å². The van der Waals surface area contributed by atoms with Crippen molar-refractivity contribution < 1.29 is 4.79 Å². The maximum Gasteiger partial charge on any atom is 0.149 e. The molecule has 0 radical (unpaired) electrons. The quantitative estimate of drug-likeness (QED) is 0.685. The van der Waals surface area contributed by atoms with Gasteiger partial charge >= 0.3 is 0 Å². The highest BCUT2D eigenvalue weighted by atomic mass is 16.1. The van der Waals surface area contributed by atoms with Crippen LogP contribution in [0.15, 0.2) is 0 Å². The number of Topliss-reactive ketones (excluding diaryl/α,β-unsaturated/α-hetero) is 1. The van der Waals surface area contributed by atoms with Gasteiger partial charge < -0.3 is 0 Å². The molecule has 0 amide bonds. The first kappa shape index (κ1) is 10.2. The van der Waals surface area contributed by atoms with E-state index in [9.17, 15) is 4.79 Å². The lowest BCUT2D eigenvalue weighted by molar-refractivity contribution is -0.122. The maximum atomic E-state index is 11.7. The minimum Gasteiger partial charge on any atom is -0.298 e. The summed E-state index contributed by atoms with van der Waals surface area (Å²) in [7, 11) is 0. The van der Waals surface area contributed by atoms with Gasteiger partial charge in [0, 0.05) is 19.0 Å². The van der Waals surface area contributed by atoms with Gasteiger partial charge in [-0.05, 0) is 31.6 Å². The highest BCUT2D eigenvalue weighted by Crippen LogP contribution is 2.33. The van der Waals surface area contributed by atoms with Crippen LogP contribution in [0.2, 0.25) is 0 Å². The van der Waals surface area contributed by atoms with Crippen LogP contribution in [0.5, 0.6) is 0 Å². The highest BCUT2D eigenvalue weighted by Gasteiger charge is 2.38. The second kappa shape index (κ2) is 4.01. The Hall–Kier alpha value is -0.370. The van der Waals surface area contributed by atoms with Crippen LogP contribution in [0.25, 0.3) is 0 Å². The van der Waals surface area contributed by atoms with Gasteiger partial charge in [-0.2, -0.15) is 0 Å². The number of hydrogen-bond acceptors (Lipinski definition) is 2. The fourth-order valence-electron chi connectivity index (χ4n) is 2.51. The molecule has 0 aromatic carbocycles. The van der Waals surface area contributed by atoms with E-state index in [2.05, 4.69) is 18.7 Å². The summed E-state index contributed by atoms with van der Waals surface area (Å²) >= 11 is 0. The minimum absolute atomic E-state index is 0.282. The normalized spacial score (nSPS) is 28.0. The molecule has 0 aromatic rings. The van der Waals surface area contributed by atoms with Gasteiger partial charge in [-0.3, -0.25) is 9.69 Å². The molecular weight excluding hydrogens is 174 g/mol. The van der Waals surface area contributed by atoms with Crippen molar-refractivity contribution in [2.45, 2.75) is 58.0 Å². The van der Waals surface area contributed by atoms with Crippen LogP contribution in [-0.4, -0.2) is 29.3 Å². The third kappa shape index (κ3) is 2.17. The van der Waals surface area contributed by atoms with Crippen molar-refractivity contribution in [3.05, 3.63) is 0 Å². The lowest BCUT2D eigenvalue weighted by atomic mass is 10.1. The summed E-state index contributed by atoms with van der Waals surface area (Å²) in [6.45, 7) is 5.60. The van der Waals surface area contributed by atoms with Crippen LogP contribution in [0.3, 0.4) is 0 Å². The Kier molecular flexibility index (Phi) is 2.91. The average molecular weight is 195 g/mol. The third-order valence-corrected chi connectivity index (χ3v) is 3.26. The first-order valence-electron chi connectivity index (χ1n) is 5.97. The van der Waals surface area contributed by atoms with Gasteiger partial charge in [0.25, 0.3) is 0 Å². The van der Waals surface area contributed by atoms with Crippen molar-refractivity contribution in [2.24, 2.45) is 5.92 Å². The summed E-state index contributed by atoms with van der Waals surface area (Å²) in [5.41, 5.74) is 0. The van der Waals surface area contributed by atoms with E-state index < -0.39 is 0 Å². The molecule has 14 heavy (non-hydrogen) atoms. The monoisotopic (exact) mass is 195 g/mol. The molecule has 0 aromatic heterocycles. The summed E-state index contributed by atoms with van der Waals surface area (Å²) in [6, 6.07) is 1.02. The lowest BCUT2D eigenvalue weighted by Gasteiger charge is -2.29. The maximum absolute atomic E-state index is 11.7. The van der Waals surface area contributed by atoms with E-state index in [1.807, 2.05) is 0 Å². The summed E-state index contributed by atoms with van der Waals surface area (Å²) in [6.07, 6.45) is 5.69. The number of nitrogens with zero attached hydrogens (tertiary/aromatic N) is 1. The minimum atomic E-state index is 0.282. The number of carbonyl (C=O) groups excluding carboxylic acids is 1. The van der Waals surface area contributed by atoms with Gasteiger partial charge in [0.2, 0.25) is 0 Å². The van der Waals surface area contributed by atoms with Crippen LogP contribution in [0.4, 0.5) is 0 Å². The molecule has 2 nitrogen and oxygen atoms in total. The predicted octanol–water partition coefficient (Wildman–Crippen LogP) is 2.23. The Labute approximate surface area is 86.7 Å². The second-order valence-corrected chi connectivity index (χ2v) is 5.20. The number of hydrogen-bond donors (Lipinski definition) is 0. The zero-order valence-electron chi connectivity index (χ0n) is 9.33. The van der Waals surface area contributed by atoms with Crippen molar-refractivity contribution in [3.63, 3.8) is 0 Å². The van der Waals surface area contributed by atoms with Crippen LogP contribution in [0.1, 0.15) is 46.0 Å². The van der Waals surface area contributed by atoms with Gasteiger partial charge in [-0.1, -0.05) is 13.8 Å². The lowest BCUT2D eigenvalue weighted by Crippen LogP contribution is -2.41. The summed E-state index contributed by atoms with van der Waals surface area (Å²) < 4.78 is 0.